The number of nitrogens with zero attached hydrogens (tertiary/aromatic N) is 1. The van der Waals surface area contributed by atoms with Crippen LogP contribution in [0.4, 0.5) is 8.78 Å². The Morgan fingerprint density at radius 1 is 1.54 bits per heavy atom. The Morgan fingerprint density at radius 3 is 2.23 bits per heavy atom. The molecule has 1 heterocycles. The summed E-state index contributed by atoms with van der Waals surface area (Å²) in [6.45, 7) is -1.28. The second-order valence-electron chi connectivity index (χ2n) is 1.68. The predicted molar refractivity (Wildman–Crippen MR) is 45.0 cm³/mol. The maximum absolute atomic E-state index is 11.8. The van der Waals surface area contributed by atoms with Crippen molar-refractivity contribution in [1.29, 1.82) is 0 Å². The summed E-state index contributed by atoms with van der Waals surface area (Å²) in [7, 11) is 0. The molecule has 0 saturated carbocycles. The number of carboxylic acid groups (broad SMARTS) is 1. The summed E-state index contributed by atoms with van der Waals surface area (Å²) >= 11 is 0. The van der Waals surface area contributed by atoms with Crippen molar-refractivity contribution in [3.8, 4) is 0 Å². The average molecular weight is 199 g/mol. The van der Waals surface area contributed by atoms with E-state index in [1.54, 1.807) is 12.1 Å². The molecule has 0 aliphatic rings. The number of carboxylic acids is 1. The van der Waals surface area contributed by atoms with Crippen LogP contribution in [0.25, 0.3) is 0 Å². The second-order valence-corrected chi connectivity index (χ2v) is 1.68. The first-order valence-electron chi connectivity index (χ1n) is 3.01. The van der Waals surface area contributed by atoms with Crippen LogP contribution in [-0.2, 0) is 4.79 Å². The van der Waals surface area contributed by atoms with Crippen molar-refractivity contribution in [2.75, 3.05) is 6.67 Å². The summed E-state index contributed by atoms with van der Waals surface area (Å²) in [6, 6.07) is 4.57. The van der Waals surface area contributed by atoms with Gasteiger partial charge in [-0.05, 0) is 12.1 Å². The third-order valence-corrected chi connectivity index (χ3v) is 0.743. The van der Waals surface area contributed by atoms with Gasteiger partial charge in [0.2, 0.25) is 5.95 Å². The van der Waals surface area contributed by atoms with Gasteiger partial charge in [0.1, 0.15) is 0 Å². The monoisotopic (exact) mass is 199 g/mol. The fourth-order valence-electron chi connectivity index (χ4n) is 0.342. The summed E-state index contributed by atoms with van der Waals surface area (Å²) in [5, 5.41) is 7.35. The first kappa shape index (κ1) is 15.0. The molecule has 13 heavy (non-hydrogen) atoms. The van der Waals surface area contributed by atoms with Gasteiger partial charge in [-0.1, -0.05) is 6.07 Å². The Balaban J connectivity index is 0. The number of aliphatic carboxylic acids is 1. The third kappa shape index (κ3) is 11.5. The Bertz CT molecular complexity index is 233. The second kappa shape index (κ2) is 9.57. The van der Waals surface area contributed by atoms with E-state index in [1.165, 1.54) is 12.3 Å². The van der Waals surface area contributed by atoms with Crippen LogP contribution in [0.1, 0.15) is 0 Å². The predicted octanol–water partition coefficient (Wildman–Crippen LogP) is 0.613. The van der Waals surface area contributed by atoms with Gasteiger partial charge in [-0.3, -0.25) is 0 Å². The van der Waals surface area contributed by atoms with Crippen LogP contribution >= 0.6 is 0 Å². The summed E-state index contributed by atoms with van der Waals surface area (Å²) in [4.78, 5) is 12.3. The van der Waals surface area contributed by atoms with E-state index in [2.05, 4.69) is 4.98 Å². The van der Waals surface area contributed by atoms with E-state index in [0.29, 0.717) is 0 Å². The Morgan fingerprint density at radius 2 is 2.08 bits per heavy atom. The summed E-state index contributed by atoms with van der Waals surface area (Å²) in [5.41, 5.74) is 0. The zero-order valence-electron chi connectivity index (χ0n) is 6.08. The van der Waals surface area contributed by atoms with Crippen LogP contribution in [0.5, 0.6) is 0 Å². The van der Waals surface area contributed by atoms with Crippen molar-refractivity contribution in [2.45, 2.75) is 0 Å². The van der Waals surface area contributed by atoms with Crippen LogP contribution < -0.4 is 0 Å². The van der Waals surface area contributed by atoms with Gasteiger partial charge in [0.25, 0.3) is 0 Å². The normalized spacial score (nSPS) is 7.54. The molecule has 0 atom stereocenters. The molecule has 0 radical (unpaired) electrons. The molecular weight excluding hydrogens is 191 g/mol. The summed E-state index contributed by atoms with van der Waals surface area (Å²) < 4.78 is 22.3. The number of hydrogen-bond donors (Lipinski definition) is 1. The molecule has 0 unspecified atom stereocenters. The van der Waals surface area contributed by atoms with E-state index >= 15 is 0 Å². The van der Waals surface area contributed by atoms with E-state index in [1.807, 2.05) is 0 Å². The molecule has 0 fully saturated rings. The van der Waals surface area contributed by atoms with Gasteiger partial charge in [-0.2, -0.15) is 4.39 Å². The molecule has 0 spiro atoms. The molecule has 0 bridgehead atoms. The fraction of sp³-hybridized carbons (Fsp3) is 0.143. The minimum atomic E-state index is -1.41. The standard InChI is InChI=1S/C5H4FN.C2H3FO2.Na.H/c6-5-3-1-2-4-7-5;3-1-2(4)5;;/h1-4H;1H2,(H,4,5);;. The van der Waals surface area contributed by atoms with Crippen molar-refractivity contribution < 1.29 is 18.7 Å². The van der Waals surface area contributed by atoms with Gasteiger partial charge in [0, 0.05) is 6.20 Å². The number of aromatic nitrogens is 1. The molecule has 6 heteroatoms. The number of pyridine rings is 1. The van der Waals surface area contributed by atoms with Gasteiger partial charge >= 0.3 is 35.5 Å². The minimum absolute atomic E-state index is 0. The topological polar surface area (TPSA) is 50.2 Å². The number of hydrogen-bond acceptors (Lipinski definition) is 2. The van der Waals surface area contributed by atoms with Gasteiger partial charge in [0.15, 0.2) is 6.67 Å². The van der Waals surface area contributed by atoms with E-state index < -0.39 is 18.6 Å². The fourth-order valence-corrected chi connectivity index (χ4v) is 0.342. The van der Waals surface area contributed by atoms with Gasteiger partial charge in [-0.25, -0.2) is 14.2 Å². The van der Waals surface area contributed by atoms with Crippen molar-refractivity contribution in [3.63, 3.8) is 0 Å². The Hall–Kier alpha value is -0.520. The molecule has 0 aliphatic carbocycles. The third-order valence-electron chi connectivity index (χ3n) is 0.743. The van der Waals surface area contributed by atoms with Crippen molar-refractivity contribution in [3.05, 3.63) is 30.3 Å². The molecule has 1 rings (SSSR count). The first-order valence-corrected chi connectivity index (χ1v) is 3.01. The van der Waals surface area contributed by atoms with Crippen LogP contribution in [0.2, 0.25) is 0 Å². The van der Waals surface area contributed by atoms with E-state index in [0.717, 1.165) is 0 Å². The summed E-state index contributed by atoms with van der Waals surface area (Å²) in [6.07, 6.45) is 1.41. The van der Waals surface area contributed by atoms with Crippen LogP contribution in [-0.4, -0.2) is 52.3 Å². The molecule has 1 aromatic rings. The van der Waals surface area contributed by atoms with Crippen molar-refractivity contribution >= 4 is 35.5 Å². The molecule has 68 valence electrons. The van der Waals surface area contributed by atoms with Crippen molar-refractivity contribution in [2.24, 2.45) is 0 Å². The molecule has 0 aromatic carbocycles. The Labute approximate surface area is 96.1 Å². The maximum atomic E-state index is 11.8. The number of rotatable bonds is 1. The van der Waals surface area contributed by atoms with Gasteiger partial charge in [0.05, 0.1) is 0 Å². The van der Waals surface area contributed by atoms with Crippen LogP contribution in [0.3, 0.4) is 0 Å². The SMILES string of the molecule is Fc1ccccn1.O=C(O)CF.[NaH]. The van der Waals surface area contributed by atoms with E-state index in [4.69, 9.17) is 9.90 Å². The molecule has 1 N–H and O–H groups in total. The Kier molecular flexibility index (Phi) is 11.0. The van der Waals surface area contributed by atoms with Gasteiger partial charge in [-0.15, -0.1) is 0 Å². The molecule has 0 saturated heterocycles. The zero-order chi connectivity index (χ0) is 9.40. The molecule has 0 aliphatic heterocycles. The quantitative estimate of drug-likeness (QED) is 0.532. The van der Waals surface area contributed by atoms with Crippen LogP contribution in [0, 0.1) is 5.95 Å². The molecule has 1 aromatic heterocycles. The summed E-state index contributed by atoms with van der Waals surface area (Å²) in [5.74, 6) is -1.84. The van der Waals surface area contributed by atoms with Crippen molar-refractivity contribution in [1.82, 2.24) is 4.98 Å². The first-order chi connectivity index (χ1) is 5.66. The number of carbonyl (C=O) groups is 1. The van der Waals surface area contributed by atoms with Gasteiger partial charge < -0.3 is 5.11 Å². The van der Waals surface area contributed by atoms with Crippen LogP contribution in [0.15, 0.2) is 24.4 Å². The zero-order valence-corrected chi connectivity index (χ0v) is 6.08. The van der Waals surface area contributed by atoms with E-state index in [9.17, 15) is 8.78 Å². The number of halogens is 2. The molecule has 3 nitrogen and oxygen atoms in total. The molecular formula is C7H8F2NNaO2. The van der Waals surface area contributed by atoms with E-state index in [-0.39, 0.29) is 29.6 Å². The molecule has 0 amide bonds. The number of alkyl halides is 1. The average Bonchev–Trinajstić information content (AvgIpc) is 2.07.